The first kappa shape index (κ1) is 15.5. The molecule has 0 saturated carbocycles. The molecule has 3 nitrogen and oxygen atoms in total. The Balaban J connectivity index is 2.12. The average molecular weight is 283 g/mol. The van der Waals surface area contributed by atoms with E-state index >= 15 is 0 Å². The van der Waals surface area contributed by atoms with Crippen molar-refractivity contribution in [2.75, 3.05) is 11.9 Å². The molecule has 1 aromatic carbocycles. The Labute approximate surface area is 127 Å². The Kier molecular flexibility index (Phi) is 4.61. The molecular formula is C18H25N3. The van der Waals surface area contributed by atoms with Crippen LogP contribution in [0.15, 0.2) is 36.4 Å². The Morgan fingerprint density at radius 1 is 1.10 bits per heavy atom. The fourth-order valence-corrected chi connectivity index (χ4v) is 2.26. The minimum absolute atomic E-state index is 0.0341. The minimum atomic E-state index is 0.0341. The smallest absolute Gasteiger partial charge is 0.223 e. The van der Waals surface area contributed by atoms with E-state index < -0.39 is 0 Å². The van der Waals surface area contributed by atoms with Gasteiger partial charge in [-0.05, 0) is 24.5 Å². The average Bonchev–Trinajstić information content (AvgIpc) is 2.45. The van der Waals surface area contributed by atoms with Crippen molar-refractivity contribution in [1.82, 2.24) is 9.97 Å². The van der Waals surface area contributed by atoms with Crippen LogP contribution in [0.1, 0.15) is 50.6 Å². The number of rotatable bonds is 5. The summed E-state index contributed by atoms with van der Waals surface area (Å²) >= 11 is 0. The van der Waals surface area contributed by atoms with E-state index in [1.54, 1.807) is 0 Å². The predicted octanol–water partition coefficient (Wildman–Crippen LogP) is 4.30. The van der Waals surface area contributed by atoms with Crippen LogP contribution in [-0.2, 0) is 5.41 Å². The van der Waals surface area contributed by atoms with Crippen molar-refractivity contribution in [3.63, 3.8) is 0 Å². The summed E-state index contributed by atoms with van der Waals surface area (Å²) in [5.41, 5.74) is 3.44. The maximum Gasteiger partial charge on any atom is 0.223 e. The maximum absolute atomic E-state index is 4.61. The van der Waals surface area contributed by atoms with E-state index in [2.05, 4.69) is 73.3 Å². The molecule has 0 fully saturated rings. The number of hydrogen-bond donors (Lipinski definition) is 1. The second kappa shape index (κ2) is 6.25. The predicted molar refractivity (Wildman–Crippen MR) is 88.8 cm³/mol. The number of aromatic nitrogens is 2. The van der Waals surface area contributed by atoms with Gasteiger partial charge in [0.05, 0.1) is 0 Å². The molecule has 0 radical (unpaired) electrons. The molecule has 0 aliphatic heterocycles. The van der Waals surface area contributed by atoms with Crippen LogP contribution in [0.4, 0.5) is 5.95 Å². The van der Waals surface area contributed by atoms with E-state index in [1.807, 2.05) is 13.0 Å². The second-order valence-electron chi connectivity index (χ2n) is 6.52. The molecule has 0 aliphatic carbocycles. The molecule has 21 heavy (non-hydrogen) atoms. The normalized spacial score (nSPS) is 11.7. The lowest BCUT2D eigenvalue weighted by Gasteiger charge is -2.25. The van der Waals surface area contributed by atoms with E-state index in [4.69, 9.17) is 0 Å². The van der Waals surface area contributed by atoms with Gasteiger partial charge in [0, 0.05) is 23.3 Å². The summed E-state index contributed by atoms with van der Waals surface area (Å²) in [6.07, 6.45) is 0. The van der Waals surface area contributed by atoms with Gasteiger partial charge in [0.25, 0.3) is 0 Å². The van der Waals surface area contributed by atoms with E-state index in [0.29, 0.717) is 5.92 Å². The second-order valence-corrected chi connectivity index (χ2v) is 6.52. The molecule has 0 saturated heterocycles. The van der Waals surface area contributed by atoms with Gasteiger partial charge in [-0.2, -0.15) is 0 Å². The van der Waals surface area contributed by atoms with Crippen molar-refractivity contribution in [1.29, 1.82) is 0 Å². The molecule has 1 heterocycles. The van der Waals surface area contributed by atoms with Crippen molar-refractivity contribution in [3.8, 4) is 0 Å². The summed E-state index contributed by atoms with van der Waals surface area (Å²) in [4.78, 5) is 9.10. The van der Waals surface area contributed by atoms with E-state index in [9.17, 15) is 0 Å². The summed E-state index contributed by atoms with van der Waals surface area (Å²) in [5, 5.41) is 3.40. The number of aryl methyl sites for hydroxylation is 1. The van der Waals surface area contributed by atoms with Crippen LogP contribution in [-0.4, -0.2) is 16.5 Å². The molecule has 0 amide bonds. The molecule has 112 valence electrons. The maximum atomic E-state index is 4.61. The third-order valence-electron chi connectivity index (χ3n) is 3.71. The molecule has 0 spiro atoms. The molecule has 1 aromatic heterocycles. The number of hydrogen-bond acceptors (Lipinski definition) is 3. The Hall–Kier alpha value is -1.90. The summed E-state index contributed by atoms with van der Waals surface area (Å²) < 4.78 is 0. The fourth-order valence-electron chi connectivity index (χ4n) is 2.26. The Bertz CT molecular complexity index is 589. The van der Waals surface area contributed by atoms with Crippen LogP contribution in [0.25, 0.3) is 0 Å². The van der Waals surface area contributed by atoms with Crippen molar-refractivity contribution in [2.45, 2.75) is 46.0 Å². The van der Waals surface area contributed by atoms with E-state index in [0.717, 1.165) is 23.9 Å². The molecule has 0 atom stereocenters. The topological polar surface area (TPSA) is 37.8 Å². The largest absolute Gasteiger partial charge is 0.353 e. The van der Waals surface area contributed by atoms with Crippen molar-refractivity contribution in [3.05, 3.63) is 53.3 Å². The van der Waals surface area contributed by atoms with Gasteiger partial charge in [-0.3, -0.25) is 0 Å². The first-order valence-electron chi connectivity index (χ1n) is 7.53. The third-order valence-corrected chi connectivity index (χ3v) is 3.71. The lowest BCUT2D eigenvalue weighted by atomic mass is 9.85. The van der Waals surface area contributed by atoms with Crippen LogP contribution in [0.2, 0.25) is 0 Å². The summed E-state index contributed by atoms with van der Waals surface area (Å²) in [5.74, 6) is 1.14. The zero-order valence-corrected chi connectivity index (χ0v) is 13.6. The van der Waals surface area contributed by atoms with E-state index in [1.165, 1.54) is 5.56 Å². The molecule has 0 bridgehead atoms. The van der Waals surface area contributed by atoms with Crippen LogP contribution in [0.5, 0.6) is 0 Å². The van der Waals surface area contributed by atoms with Crippen molar-refractivity contribution >= 4 is 5.95 Å². The lowest BCUT2D eigenvalue weighted by Crippen LogP contribution is -2.28. The third kappa shape index (κ3) is 4.03. The van der Waals surface area contributed by atoms with Crippen LogP contribution >= 0.6 is 0 Å². The number of nitrogens with zero attached hydrogens (tertiary/aromatic N) is 2. The van der Waals surface area contributed by atoms with Gasteiger partial charge in [0.15, 0.2) is 0 Å². The van der Waals surface area contributed by atoms with Crippen LogP contribution in [0.3, 0.4) is 0 Å². The highest BCUT2D eigenvalue weighted by atomic mass is 15.1. The molecule has 2 rings (SSSR count). The molecule has 3 heteroatoms. The Morgan fingerprint density at radius 2 is 1.76 bits per heavy atom. The molecule has 0 unspecified atom stereocenters. The first-order valence-corrected chi connectivity index (χ1v) is 7.53. The zero-order chi connectivity index (χ0) is 15.5. The number of anilines is 1. The van der Waals surface area contributed by atoms with Gasteiger partial charge in [-0.15, -0.1) is 0 Å². The quantitative estimate of drug-likeness (QED) is 0.889. The standard InChI is InChI=1S/C18H25N3/c1-13(2)16-11-14(3)20-17(21-16)19-12-18(4,5)15-9-7-6-8-10-15/h6-11,13H,12H2,1-5H3,(H,19,20,21). The zero-order valence-electron chi connectivity index (χ0n) is 13.6. The van der Waals surface area contributed by atoms with E-state index in [-0.39, 0.29) is 5.41 Å². The minimum Gasteiger partial charge on any atom is -0.353 e. The summed E-state index contributed by atoms with van der Waals surface area (Å²) in [6.45, 7) is 11.6. The summed E-state index contributed by atoms with van der Waals surface area (Å²) in [7, 11) is 0. The van der Waals surface area contributed by atoms with Gasteiger partial charge < -0.3 is 5.32 Å². The number of nitrogens with one attached hydrogen (secondary N) is 1. The lowest BCUT2D eigenvalue weighted by molar-refractivity contribution is 0.554. The molecule has 0 aliphatic rings. The van der Waals surface area contributed by atoms with Gasteiger partial charge in [-0.1, -0.05) is 58.0 Å². The SMILES string of the molecule is Cc1cc(C(C)C)nc(NCC(C)(C)c2ccccc2)n1. The molecule has 2 aromatic rings. The first-order chi connectivity index (χ1) is 9.88. The van der Waals surface area contributed by atoms with Gasteiger partial charge in [0.1, 0.15) is 0 Å². The van der Waals surface area contributed by atoms with Gasteiger partial charge >= 0.3 is 0 Å². The van der Waals surface area contributed by atoms with Crippen molar-refractivity contribution < 1.29 is 0 Å². The van der Waals surface area contributed by atoms with Gasteiger partial charge in [0.2, 0.25) is 5.95 Å². The number of benzene rings is 1. The van der Waals surface area contributed by atoms with Crippen LogP contribution < -0.4 is 5.32 Å². The summed E-state index contributed by atoms with van der Waals surface area (Å²) in [6, 6.07) is 12.6. The van der Waals surface area contributed by atoms with Gasteiger partial charge in [-0.25, -0.2) is 9.97 Å². The monoisotopic (exact) mass is 283 g/mol. The van der Waals surface area contributed by atoms with Crippen molar-refractivity contribution in [2.24, 2.45) is 0 Å². The highest BCUT2D eigenvalue weighted by Gasteiger charge is 2.20. The highest BCUT2D eigenvalue weighted by molar-refractivity contribution is 5.32. The Morgan fingerprint density at radius 3 is 2.38 bits per heavy atom. The highest BCUT2D eigenvalue weighted by Crippen LogP contribution is 2.23. The molecule has 1 N–H and O–H groups in total. The molecular weight excluding hydrogens is 258 g/mol. The van der Waals surface area contributed by atoms with Crippen LogP contribution in [0, 0.1) is 6.92 Å². The fraction of sp³-hybridized carbons (Fsp3) is 0.444.